The molecule has 1 aliphatic carbocycles. The third-order valence-corrected chi connectivity index (χ3v) is 6.35. The molecule has 1 aromatic heterocycles. The first-order valence-electron chi connectivity index (χ1n) is 10.6. The number of fused-ring (bicyclic) bond motifs is 2. The fourth-order valence-electron chi connectivity index (χ4n) is 4.60. The third-order valence-electron chi connectivity index (χ3n) is 6.35. The first kappa shape index (κ1) is 19.5. The first-order valence-corrected chi connectivity index (χ1v) is 10.6. The van der Waals surface area contributed by atoms with E-state index in [9.17, 15) is 9.59 Å². The summed E-state index contributed by atoms with van der Waals surface area (Å²) in [5.74, 6) is 0.0319. The molecule has 0 spiro atoms. The molecule has 2 fully saturated rings. The van der Waals surface area contributed by atoms with Crippen LogP contribution >= 0.6 is 0 Å². The predicted octanol–water partition coefficient (Wildman–Crippen LogP) is 4.19. The van der Waals surface area contributed by atoms with Gasteiger partial charge in [0.05, 0.1) is 13.2 Å². The van der Waals surface area contributed by atoms with Crippen molar-refractivity contribution in [2.75, 3.05) is 26.3 Å². The van der Waals surface area contributed by atoms with Crippen LogP contribution in [0.1, 0.15) is 28.9 Å². The van der Waals surface area contributed by atoms with Gasteiger partial charge in [-0.1, -0.05) is 48.5 Å². The number of nitrogens with zero attached hydrogens (tertiary/aromatic N) is 2. The van der Waals surface area contributed by atoms with Gasteiger partial charge in [0.15, 0.2) is 0 Å². The van der Waals surface area contributed by atoms with Crippen molar-refractivity contribution in [3.8, 4) is 0 Å². The Morgan fingerprint density at radius 1 is 1.00 bits per heavy atom. The van der Waals surface area contributed by atoms with Crippen LogP contribution in [0.15, 0.2) is 66.9 Å². The van der Waals surface area contributed by atoms with E-state index >= 15 is 0 Å². The molecule has 2 aliphatic rings. The standard InChI is InChI=1S/C25H24N2O4/c28-23(22-8-3-4-11-26-22)30-12-5-13-31-24(29)27-16-21-15-25(21,17-27)20-10-9-18-6-1-2-7-19(18)14-20/h1-4,6-11,14,21H,5,12-13,15-17H2/t21-,25+/m1/s1. The van der Waals surface area contributed by atoms with E-state index in [1.54, 1.807) is 24.4 Å². The molecule has 6 heteroatoms. The summed E-state index contributed by atoms with van der Waals surface area (Å²) in [6.07, 6.45) is 2.84. The Hall–Kier alpha value is -3.41. The number of piperidine rings is 1. The van der Waals surface area contributed by atoms with Crippen molar-refractivity contribution in [3.05, 3.63) is 78.1 Å². The Labute approximate surface area is 180 Å². The van der Waals surface area contributed by atoms with Crippen LogP contribution in [-0.2, 0) is 14.9 Å². The van der Waals surface area contributed by atoms with Gasteiger partial charge < -0.3 is 14.4 Å². The molecule has 158 valence electrons. The average molecular weight is 416 g/mol. The van der Waals surface area contributed by atoms with Crippen molar-refractivity contribution in [2.45, 2.75) is 18.3 Å². The van der Waals surface area contributed by atoms with E-state index in [1.165, 1.54) is 16.3 Å². The molecular weight excluding hydrogens is 392 g/mol. The van der Waals surface area contributed by atoms with Gasteiger partial charge >= 0.3 is 12.1 Å². The van der Waals surface area contributed by atoms with E-state index in [1.807, 2.05) is 11.0 Å². The lowest BCUT2D eigenvalue weighted by Crippen LogP contribution is -2.33. The molecule has 2 atom stereocenters. The molecular formula is C25H24N2O4. The summed E-state index contributed by atoms with van der Waals surface area (Å²) in [4.78, 5) is 30.1. The van der Waals surface area contributed by atoms with Gasteiger partial charge in [-0.2, -0.15) is 0 Å². The maximum Gasteiger partial charge on any atom is 0.409 e. The zero-order valence-corrected chi connectivity index (χ0v) is 17.2. The first-order chi connectivity index (χ1) is 15.2. The second-order valence-corrected chi connectivity index (χ2v) is 8.32. The molecule has 0 N–H and O–H groups in total. The maximum absolute atomic E-state index is 12.5. The molecule has 0 radical (unpaired) electrons. The fraction of sp³-hybridized carbons (Fsp3) is 0.320. The van der Waals surface area contributed by atoms with Crippen molar-refractivity contribution >= 4 is 22.8 Å². The van der Waals surface area contributed by atoms with Crippen LogP contribution in [0.3, 0.4) is 0 Å². The highest BCUT2D eigenvalue weighted by atomic mass is 16.6. The molecule has 6 nitrogen and oxygen atoms in total. The Balaban J connectivity index is 1.10. The van der Waals surface area contributed by atoms with E-state index in [0.717, 1.165) is 13.0 Å². The largest absolute Gasteiger partial charge is 0.461 e. The number of benzene rings is 2. The Morgan fingerprint density at radius 3 is 2.65 bits per heavy atom. The lowest BCUT2D eigenvalue weighted by atomic mass is 9.93. The molecule has 31 heavy (non-hydrogen) atoms. The monoisotopic (exact) mass is 416 g/mol. The molecule has 0 bridgehead atoms. The van der Waals surface area contributed by atoms with Gasteiger partial charge in [0.1, 0.15) is 5.69 Å². The third kappa shape index (κ3) is 3.85. The molecule has 1 saturated carbocycles. The van der Waals surface area contributed by atoms with Crippen molar-refractivity contribution in [1.29, 1.82) is 0 Å². The van der Waals surface area contributed by atoms with Gasteiger partial charge in [0.25, 0.3) is 0 Å². The summed E-state index contributed by atoms with van der Waals surface area (Å²) in [6, 6.07) is 20.1. The minimum Gasteiger partial charge on any atom is -0.461 e. The molecule has 1 aliphatic heterocycles. The number of hydrogen-bond donors (Lipinski definition) is 0. The molecule has 5 rings (SSSR count). The lowest BCUT2D eigenvalue weighted by molar-refractivity contribution is 0.0455. The minimum atomic E-state index is -0.469. The van der Waals surface area contributed by atoms with E-state index in [-0.39, 0.29) is 30.4 Å². The van der Waals surface area contributed by atoms with E-state index in [4.69, 9.17) is 9.47 Å². The van der Waals surface area contributed by atoms with Gasteiger partial charge in [-0.05, 0) is 40.8 Å². The summed E-state index contributed by atoms with van der Waals surface area (Å²) in [6.45, 7) is 1.84. The molecule has 0 unspecified atom stereocenters. The normalized spacial score (nSPS) is 21.5. The topological polar surface area (TPSA) is 68.7 Å². The van der Waals surface area contributed by atoms with E-state index < -0.39 is 5.97 Å². The summed E-state index contributed by atoms with van der Waals surface area (Å²) < 4.78 is 10.6. The zero-order valence-electron chi connectivity index (χ0n) is 17.2. The van der Waals surface area contributed by atoms with Gasteiger partial charge in [-0.15, -0.1) is 0 Å². The maximum atomic E-state index is 12.5. The molecule has 1 amide bonds. The van der Waals surface area contributed by atoms with Crippen LogP contribution in [0, 0.1) is 5.92 Å². The second kappa shape index (κ2) is 8.02. The molecule has 1 saturated heterocycles. The number of amides is 1. The summed E-state index contributed by atoms with van der Waals surface area (Å²) >= 11 is 0. The number of carbonyl (C=O) groups is 2. The SMILES string of the molecule is O=C(OCCCOC(=O)N1C[C@H]2C[C@@]2(c2ccc3ccccc3c2)C1)c1ccccn1. The highest BCUT2D eigenvalue weighted by Crippen LogP contribution is 2.59. The average Bonchev–Trinajstić information content (AvgIpc) is 3.39. The van der Waals surface area contributed by atoms with Crippen LogP contribution in [0.5, 0.6) is 0 Å². The summed E-state index contributed by atoms with van der Waals surface area (Å²) in [5.41, 5.74) is 1.66. The second-order valence-electron chi connectivity index (χ2n) is 8.32. The molecule has 2 heterocycles. The number of ether oxygens (including phenoxy) is 2. The lowest BCUT2D eigenvalue weighted by Gasteiger charge is -2.21. The number of rotatable bonds is 6. The number of likely N-dealkylation sites (tertiary alicyclic amines) is 1. The number of carbonyl (C=O) groups excluding carboxylic acids is 2. The van der Waals surface area contributed by atoms with Crippen LogP contribution in [0.2, 0.25) is 0 Å². The van der Waals surface area contributed by atoms with Gasteiger partial charge in [0.2, 0.25) is 0 Å². The minimum absolute atomic E-state index is 0.0707. The van der Waals surface area contributed by atoms with E-state index in [2.05, 4.69) is 41.4 Å². The van der Waals surface area contributed by atoms with Gasteiger partial charge in [-0.25, -0.2) is 14.6 Å². The van der Waals surface area contributed by atoms with Gasteiger partial charge in [0, 0.05) is 31.1 Å². The number of pyridine rings is 1. The van der Waals surface area contributed by atoms with Crippen LogP contribution in [-0.4, -0.2) is 48.2 Å². The summed E-state index contributed by atoms with van der Waals surface area (Å²) in [5, 5.41) is 2.47. The Kier molecular flexibility index (Phi) is 5.06. The predicted molar refractivity (Wildman–Crippen MR) is 116 cm³/mol. The van der Waals surface area contributed by atoms with Crippen molar-refractivity contribution in [1.82, 2.24) is 9.88 Å². The van der Waals surface area contributed by atoms with E-state index in [0.29, 0.717) is 18.9 Å². The van der Waals surface area contributed by atoms with Crippen LogP contribution in [0.4, 0.5) is 4.79 Å². The molecule has 2 aromatic carbocycles. The fourth-order valence-corrected chi connectivity index (χ4v) is 4.60. The quantitative estimate of drug-likeness (QED) is 0.445. The van der Waals surface area contributed by atoms with Crippen molar-refractivity contribution in [2.24, 2.45) is 5.92 Å². The Morgan fingerprint density at radius 2 is 1.81 bits per heavy atom. The smallest absolute Gasteiger partial charge is 0.409 e. The summed E-state index contributed by atoms with van der Waals surface area (Å²) in [7, 11) is 0. The van der Waals surface area contributed by atoms with Crippen molar-refractivity contribution in [3.63, 3.8) is 0 Å². The number of aromatic nitrogens is 1. The number of hydrogen-bond acceptors (Lipinski definition) is 5. The Bertz CT molecular complexity index is 1120. The highest BCUT2D eigenvalue weighted by Gasteiger charge is 2.61. The van der Waals surface area contributed by atoms with Gasteiger partial charge in [-0.3, -0.25) is 0 Å². The van der Waals surface area contributed by atoms with Crippen molar-refractivity contribution < 1.29 is 19.1 Å². The zero-order chi connectivity index (χ0) is 21.3. The van der Waals surface area contributed by atoms with Crippen LogP contribution in [0.25, 0.3) is 10.8 Å². The van der Waals surface area contributed by atoms with Crippen LogP contribution < -0.4 is 0 Å². The molecule has 3 aromatic rings. The highest BCUT2D eigenvalue weighted by molar-refractivity contribution is 5.87. The number of esters is 1.